The van der Waals surface area contributed by atoms with Gasteiger partial charge in [-0.05, 0) is 17.7 Å². The molecule has 2 heterocycles. The lowest BCUT2D eigenvalue weighted by atomic mass is 9.97. The van der Waals surface area contributed by atoms with E-state index in [0.29, 0.717) is 10.7 Å². The van der Waals surface area contributed by atoms with Crippen LogP contribution in [-0.2, 0) is 0 Å². The number of nitrogens with zero attached hydrogens (tertiary/aromatic N) is 3. The van der Waals surface area contributed by atoms with Gasteiger partial charge in [0, 0.05) is 16.8 Å². The molecule has 0 saturated heterocycles. The van der Waals surface area contributed by atoms with E-state index in [1.54, 1.807) is 12.5 Å². The maximum absolute atomic E-state index is 11.6. The molecule has 2 aromatic carbocycles. The highest BCUT2D eigenvalue weighted by atomic mass is 35.5. The summed E-state index contributed by atoms with van der Waals surface area (Å²) in [6.07, 6.45) is 3.23. The van der Waals surface area contributed by atoms with E-state index in [1.165, 1.54) is 0 Å². The van der Waals surface area contributed by atoms with E-state index in [2.05, 4.69) is 9.98 Å². The Balaban J connectivity index is 1.98. The van der Waals surface area contributed by atoms with Crippen LogP contribution < -0.4 is 5.73 Å². The molecule has 24 heavy (non-hydrogen) atoms. The third kappa shape index (κ3) is 2.21. The van der Waals surface area contributed by atoms with Crippen molar-refractivity contribution in [1.29, 1.82) is 0 Å². The average molecular weight is 337 g/mol. The van der Waals surface area contributed by atoms with Crippen LogP contribution >= 0.6 is 11.6 Å². The smallest absolute Gasteiger partial charge is 0.269 e. The molecule has 118 valence electrons. The molecule has 1 atom stereocenters. The van der Waals surface area contributed by atoms with E-state index in [4.69, 9.17) is 17.3 Å². The molecule has 0 spiro atoms. The first-order chi connectivity index (χ1) is 11.7. The highest BCUT2D eigenvalue weighted by Gasteiger charge is 2.25. The summed E-state index contributed by atoms with van der Waals surface area (Å²) in [5, 5.41) is 0.647. The predicted molar refractivity (Wildman–Crippen MR) is 93.0 cm³/mol. The number of nitrogens with two attached hydrogens (primary N) is 1. The number of imidazole rings is 1. The lowest BCUT2D eigenvalue weighted by Crippen LogP contribution is -2.14. The quantitative estimate of drug-likeness (QED) is 0.780. The predicted octanol–water partition coefficient (Wildman–Crippen LogP) is 3.15. The SMILES string of the molecule is NC(=O)c1ncn2c1C=NC(c1ccccc1Cl)c1ccccc1-2. The van der Waals surface area contributed by atoms with Gasteiger partial charge in [0.05, 0.1) is 11.4 Å². The van der Waals surface area contributed by atoms with Gasteiger partial charge in [-0.2, -0.15) is 0 Å². The Bertz CT molecular complexity index is 977. The zero-order chi connectivity index (χ0) is 16.7. The molecule has 0 fully saturated rings. The molecule has 6 heteroatoms. The van der Waals surface area contributed by atoms with Crippen LogP contribution in [0.3, 0.4) is 0 Å². The first-order valence-corrected chi connectivity index (χ1v) is 7.78. The van der Waals surface area contributed by atoms with Crippen LogP contribution in [0.2, 0.25) is 5.02 Å². The van der Waals surface area contributed by atoms with Crippen LogP contribution in [0.15, 0.2) is 59.9 Å². The summed E-state index contributed by atoms with van der Waals surface area (Å²) in [6.45, 7) is 0. The third-order valence-electron chi connectivity index (χ3n) is 4.07. The van der Waals surface area contributed by atoms with Crippen LogP contribution in [0, 0.1) is 0 Å². The van der Waals surface area contributed by atoms with Crippen molar-refractivity contribution in [3.63, 3.8) is 0 Å². The maximum atomic E-state index is 11.6. The first kappa shape index (κ1) is 14.7. The lowest BCUT2D eigenvalue weighted by molar-refractivity contribution is 0.0996. The van der Waals surface area contributed by atoms with E-state index in [-0.39, 0.29) is 11.7 Å². The van der Waals surface area contributed by atoms with Gasteiger partial charge in [-0.3, -0.25) is 14.4 Å². The number of carbonyl (C=O) groups is 1. The number of para-hydroxylation sites is 1. The minimum absolute atomic E-state index is 0.202. The lowest BCUT2D eigenvalue weighted by Gasteiger charge is -2.17. The fourth-order valence-electron chi connectivity index (χ4n) is 2.97. The highest BCUT2D eigenvalue weighted by Crippen LogP contribution is 2.36. The van der Waals surface area contributed by atoms with Gasteiger partial charge in [0.2, 0.25) is 0 Å². The van der Waals surface area contributed by atoms with Crippen molar-refractivity contribution < 1.29 is 4.79 Å². The topological polar surface area (TPSA) is 73.3 Å². The van der Waals surface area contributed by atoms with E-state index in [0.717, 1.165) is 16.8 Å². The number of hydrogen-bond donors (Lipinski definition) is 1. The van der Waals surface area contributed by atoms with Crippen molar-refractivity contribution in [2.75, 3.05) is 0 Å². The van der Waals surface area contributed by atoms with Gasteiger partial charge in [0.15, 0.2) is 5.69 Å². The molecule has 1 amide bonds. The van der Waals surface area contributed by atoms with Crippen LogP contribution in [0.4, 0.5) is 0 Å². The molecule has 0 saturated carbocycles. The molecule has 0 aliphatic carbocycles. The number of hydrogen-bond acceptors (Lipinski definition) is 3. The molecule has 1 aliphatic heterocycles. The number of aromatic nitrogens is 2. The van der Waals surface area contributed by atoms with Crippen molar-refractivity contribution >= 4 is 23.7 Å². The average Bonchev–Trinajstić information content (AvgIpc) is 2.94. The van der Waals surface area contributed by atoms with Gasteiger partial charge >= 0.3 is 0 Å². The molecular formula is C18H13ClN4O. The second kappa shape index (κ2) is 5.62. The number of aliphatic imine (C=N–C) groups is 1. The summed E-state index contributed by atoms with van der Waals surface area (Å²) in [4.78, 5) is 20.4. The van der Waals surface area contributed by atoms with Gasteiger partial charge in [-0.1, -0.05) is 48.0 Å². The van der Waals surface area contributed by atoms with E-state index >= 15 is 0 Å². The van der Waals surface area contributed by atoms with E-state index in [1.807, 2.05) is 53.1 Å². The van der Waals surface area contributed by atoms with Crippen molar-refractivity contribution in [3.05, 3.63) is 82.4 Å². The van der Waals surface area contributed by atoms with Gasteiger partial charge in [-0.15, -0.1) is 0 Å². The normalized spacial score (nSPS) is 15.5. The monoisotopic (exact) mass is 336 g/mol. The van der Waals surface area contributed by atoms with Crippen LogP contribution in [-0.4, -0.2) is 21.7 Å². The molecule has 5 nitrogen and oxygen atoms in total. The minimum atomic E-state index is -0.580. The summed E-state index contributed by atoms with van der Waals surface area (Å²) < 4.78 is 1.83. The Hall–Kier alpha value is -2.92. The Labute approximate surface area is 143 Å². The Kier molecular flexibility index (Phi) is 3.43. The molecule has 1 aromatic heterocycles. The van der Waals surface area contributed by atoms with Crippen molar-refractivity contribution in [2.45, 2.75) is 6.04 Å². The second-order valence-electron chi connectivity index (χ2n) is 5.47. The summed E-state index contributed by atoms with van der Waals surface area (Å²) in [5.41, 5.74) is 8.98. The molecule has 2 N–H and O–H groups in total. The van der Waals surface area contributed by atoms with Crippen molar-refractivity contribution in [2.24, 2.45) is 10.7 Å². The number of amides is 1. The number of carbonyl (C=O) groups excluding carboxylic acids is 1. The minimum Gasteiger partial charge on any atom is -0.364 e. The Morgan fingerprint density at radius 3 is 2.54 bits per heavy atom. The molecule has 1 unspecified atom stereocenters. The fraction of sp³-hybridized carbons (Fsp3) is 0.0556. The zero-order valence-electron chi connectivity index (χ0n) is 12.6. The molecule has 0 radical (unpaired) electrons. The maximum Gasteiger partial charge on any atom is 0.269 e. The van der Waals surface area contributed by atoms with Crippen molar-refractivity contribution in [3.8, 4) is 5.69 Å². The third-order valence-corrected chi connectivity index (χ3v) is 4.42. The summed E-state index contributed by atoms with van der Waals surface area (Å²) in [7, 11) is 0. The van der Waals surface area contributed by atoms with Gasteiger partial charge < -0.3 is 5.73 Å². The number of fused-ring (bicyclic) bond motifs is 3. The molecular weight excluding hydrogens is 324 g/mol. The molecule has 4 rings (SSSR count). The van der Waals surface area contributed by atoms with Gasteiger partial charge in [-0.25, -0.2) is 4.98 Å². The van der Waals surface area contributed by atoms with E-state index in [9.17, 15) is 4.79 Å². The van der Waals surface area contributed by atoms with Crippen molar-refractivity contribution in [1.82, 2.24) is 9.55 Å². The summed E-state index contributed by atoms with van der Waals surface area (Å²) in [5.74, 6) is -0.580. The summed E-state index contributed by atoms with van der Waals surface area (Å²) >= 11 is 6.38. The van der Waals surface area contributed by atoms with Gasteiger partial charge in [0.1, 0.15) is 12.4 Å². The number of primary amides is 1. The standard InChI is InChI=1S/C18H13ClN4O/c19-13-7-3-1-5-11(13)16-12-6-2-4-8-14(12)23-10-22-17(18(20)24)15(23)9-21-16/h1-10,16H,(H2,20,24). The van der Waals surface area contributed by atoms with Gasteiger partial charge in [0.25, 0.3) is 5.91 Å². The van der Waals surface area contributed by atoms with Crippen LogP contribution in [0.1, 0.15) is 33.4 Å². The Morgan fingerprint density at radius 2 is 1.79 bits per heavy atom. The number of rotatable bonds is 2. The molecule has 0 bridgehead atoms. The van der Waals surface area contributed by atoms with Crippen LogP contribution in [0.25, 0.3) is 5.69 Å². The number of halogens is 1. The molecule has 3 aromatic rings. The molecule has 1 aliphatic rings. The highest BCUT2D eigenvalue weighted by molar-refractivity contribution is 6.31. The summed E-state index contributed by atoms with van der Waals surface area (Å²) in [6, 6.07) is 15.2. The number of benzene rings is 2. The second-order valence-corrected chi connectivity index (χ2v) is 5.88. The Morgan fingerprint density at radius 1 is 1.08 bits per heavy atom. The largest absolute Gasteiger partial charge is 0.364 e. The fourth-order valence-corrected chi connectivity index (χ4v) is 3.21. The van der Waals surface area contributed by atoms with E-state index < -0.39 is 5.91 Å². The first-order valence-electron chi connectivity index (χ1n) is 7.41. The van der Waals surface area contributed by atoms with Crippen LogP contribution in [0.5, 0.6) is 0 Å². The zero-order valence-corrected chi connectivity index (χ0v) is 13.3.